The molecule has 216 valence electrons. The van der Waals surface area contributed by atoms with Crippen molar-refractivity contribution in [2.24, 2.45) is 5.92 Å². The van der Waals surface area contributed by atoms with Gasteiger partial charge in [-0.05, 0) is 18.8 Å². The van der Waals surface area contributed by atoms with Crippen LogP contribution in [0.2, 0.25) is 0 Å². The number of rotatable bonds is 17. The Balaban J connectivity index is 3.19. The number of aromatic amines is 1. The number of H-pyrrole nitrogens is 1. The minimum Gasteiger partial charge on any atom is -0.481 e. The SMILES string of the molecule is CC(=O)N[C@@H](CC(C)C)C(=O)N[C@@H](CCC(=O)O)C(=O)N[C@@H](Cc1c[nH]cn1)C(=O)N[C@@H](CC(=O)O)C(=O)O. The Hall–Kier alpha value is -4.50. The Morgan fingerprint density at radius 2 is 1.38 bits per heavy atom. The maximum atomic E-state index is 13.2. The number of nitrogens with zero attached hydrogens (tertiary/aromatic N) is 1. The first-order chi connectivity index (χ1) is 18.2. The highest BCUT2D eigenvalue weighted by atomic mass is 16.4. The fourth-order valence-corrected chi connectivity index (χ4v) is 3.50. The smallest absolute Gasteiger partial charge is 0.326 e. The number of carbonyl (C=O) groups is 7. The fourth-order valence-electron chi connectivity index (χ4n) is 3.50. The van der Waals surface area contributed by atoms with E-state index in [4.69, 9.17) is 10.2 Å². The number of hydrogen-bond donors (Lipinski definition) is 8. The van der Waals surface area contributed by atoms with Crippen LogP contribution in [0, 0.1) is 5.92 Å². The van der Waals surface area contributed by atoms with Gasteiger partial charge in [0.1, 0.15) is 24.2 Å². The van der Waals surface area contributed by atoms with Crippen molar-refractivity contribution < 1.29 is 48.9 Å². The summed E-state index contributed by atoms with van der Waals surface area (Å²) < 4.78 is 0. The van der Waals surface area contributed by atoms with E-state index in [2.05, 4.69) is 31.2 Å². The van der Waals surface area contributed by atoms with Crippen molar-refractivity contribution in [1.29, 1.82) is 0 Å². The molecular formula is C23H34N6O10. The Morgan fingerprint density at radius 3 is 1.87 bits per heavy atom. The summed E-state index contributed by atoms with van der Waals surface area (Å²) in [6, 6.07) is -5.73. The monoisotopic (exact) mass is 554 g/mol. The molecule has 0 radical (unpaired) electrons. The van der Waals surface area contributed by atoms with Crippen molar-refractivity contribution in [2.75, 3.05) is 0 Å². The van der Waals surface area contributed by atoms with Crippen molar-refractivity contribution >= 4 is 41.5 Å². The topological polar surface area (TPSA) is 257 Å². The van der Waals surface area contributed by atoms with Crippen LogP contribution in [0.3, 0.4) is 0 Å². The first-order valence-corrected chi connectivity index (χ1v) is 12.0. The largest absolute Gasteiger partial charge is 0.481 e. The quantitative estimate of drug-likeness (QED) is 0.108. The van der Waals surface area contributed by atoms with Crippen molar-refractivity contribution in [3.05, 3.63) is 18.2 Å². The maximum Gasteiger partial charge on any atom is 0.326 e. The third kappa shape index (κ3) is 12.5. The molecule has 16 heteroatoms. The van der Waals surface area contributed by atoms with Crippen LogP contribution in [-0.2, 0) is 40.0 Å². The molecule has 0 spiro atoms. The van der Waals surface area contributed by atoms with E-state index in [0.29, 0.717) is 0 Å². The molecule has 4 amide bonds. The lowest BCUT2D eigenvalue weighted by Crippen LogP contribution is -2.58. The van der Waals surface area contributed by atoms with Crippen LogP contribution >= 0.6 is 0 Å². The molecular weight excluding hydrogens is 520 g/mol. The molecule has 1 heterocycles. The van der Waals surface area contributed by atoms with E-state index >= 15 is 0 Å². The van der Waals surface area contributed by atoms with Crippen molar-refractivity contribution in [3.8, 4) is 0 Å². The Kier molecular flexibility index (Phi) is 13.1. The average Bonchev–Trinajstić information content (AvgIpc) is 3.32. The van der Waals surface area contributed by atoms with E-state index in [0.717, 1.165) is 0 Å². The zero-order chi connectivity index (χ0) is 29.7. The number of carbonyl (C=O) groups excluding carboxylic acids is 4. The van der Waals surface area contributed by atoms with Gasteiger partial charge in [0.15, 0.2) is 0 Å². The number of aromatic nitrogens is 2. The highest BCUT2D eigenvalue weighted by molar-refractivity contribution is 5.95. The molecule has 0 aliphatic heterocycles. The molecule has 0 aliphatic rings. The van der Waals surface area contributed by atoms with Crippen molar-refractivity contribution in [2.45, 2.75) is 77.0 Å². The van der Waals surface area contributed by atoms with Gasteiger partial charge >= 0.3 is 17.9 Å². The normalized spacial score (nSPS) is 13.8. The zero-order valence-corrected chi connectivity index (χ0v) is 21.7. The van der Waals surface area contributed by atoms with Crippen LogP contribution in [0.25, 0.3) is 0 Å². The summed E-state index contributed by atoms with van der Waals surface area (Å²) in [5, 5.41) is 36.6. The van der Waals surface area contributed by atoms with E-state index in [-0.39, 0.29) is 30.9 Å². The molecule has 0 aliphatic carbocycles. The van der Waals surface area contributed by atoms with Gasteiger partial charge in [0.2, 0.25) is 23.6 Å². The number of carboxylic acid groups (broad SMARTS) is 3. The van der Waals surface area contributed by atoms with E-state index < -0.39 is 78.5 Å². The molecule has 0 aromatic carbocycles. The second kappa shape index (κ2) is 15.7. The van der Waals surface area contributed by atoms with E-state index in [1.165, 1.54) is 19.4 Å². The van der Waals surface area contributed by atoms with Crippen LogP contribution in [0.4, 0.5) is 0 Å². The molecule has 39 heavy (non-hydrogen) atoms. The number of carboxylic acids is 3. The molecule has 16 nitrogen and oxygen atoms in total. The van der Waals surface area contributed by atoms with Crippen molar-refractivity contribution in [1.82, 2.24) is 31.2 Å². The van der Waals surface area contributed by atoms with E-state index in [1.54, 1.807) is 0 Å². The Bertz CT molecular complexity index is 1040. The summed E-state index contributed by atoms with van der Waals surface area (Å²) in [6.07, 6.45) is 0.861. The number of hydrogen-bond acceptors (Lipinski definition) is 8. The Morgan fingerprint density at radius 1 is 0.821 bits per heavy atom. The number of amides is 4. The zero-order valence-electron chi connectivity index (χ0n) is 21.7. The first-order valence-electron chi connectivity index (χ1n) is 12.0. The van der Waals surface area contributed by atoms with E-state index in [9.17, 15) is 38.7 Å². The number of imidazole rings is 1. The highest BCUT2D eigenvalue weighted by Gasteiger charge is 2.32. The van der Waals surface area contributed by atoms with Crippen molar-refractivity contribution in [3.63, 3.8) is 0 Å². The third-order valence-corrected chi connectivity index (χ3v) is 5.28. The van der Waals surface area contributed by atoms with Crippen LogP contribution in [0.5, 0.6) is 0 Å². The summed E-state index contributed by atoms with van der Waals surface area (Å²) in [5.74, 6) is -7.62. The maximum absolute atomic E-state index is 13.2. The summed E-state index contributed by atoms with van der Waals surface area (Å²) in [6.45, 7) is 4.83. The second-order valence-electron chi connectivity index (χ2n) is 9.20. The predicted molar refractivity (Wildman–Crippen MR) is 132 cm³/mol. The molecule has 0 saturated carbocycles. The number of aliphatic carboxylic acids is 3. The lowest BCUT2D eigenvalue weighted by molar-refractivity contribution is -0.147. The van der Waals surface area contributed by atoms with Gasteiger partial charge in [0.05, 0.1) is 18.4 Å². The average molecular weight is 555 g/mol. The molecule has 4 atom stereocenters. The predicted octanol–water partition coefficient (Wildman–Crippen LogP) is -1.62. The molecule has 0 bridgehead atoms. The van der Waals surface area contributed by atoms with Gasteiger partial charge in [-0.25, -0.2) is 9.78 Å². The van der Waals surface area contributed by atoms with Crippen LogP contribution < -0.4 is 21.3 Å². The standard InChI is InChI=1S/C23H34N6O10/c1-11(2)6-15(26-12(3)30)21(36)27-14(4-5-18(31)32)20(35)28-16(7-13-9-24-10-25-13)22(37)29-17(23(38)39)8-19(33)34/h9-11,14-17H,4-8H2,1-3H3,(H,24,25)(H,26,30)(H,27,36)(H,28,35)(H,29,37)(H,31,32)(H,33,34)(H,38,39)/t14-,15-,16-,17-/m0/s1. The third-order valence-electron chi connectivity index (χ3n) is 5.28. The molecule has 0 saturated heterocycles. The van der Waals surface area contributed by atoms with Gasteiger partial charge in [0, 0.05) is 26.0 Å². The summed E-state index contributed by atoms with van der Waals surface area (Å²) in [5.41, 5.74) is 0.286. The van der Waals surface area contributed by atoms with Gasteiger partial charge in [-0.2, -0.15) is 0 Å². The summed E-state index contributed by atoms with van der Waals surface area (Å²) in [4.78, 5) is 90.7. The molecule has 1 aromatic heterocycles. The fraction of sp³-hybridized carbons (Fsp3) is 0.565. The second-order valence-corrected chi connectivity index (χ2v) is 9.20. The van der Waals surface area contributed by atoms with Gasteiger partial charge in [-0.15, -0.1) is 0 Å². The first kappa shape index (κ1) is 32.5. The molecule has 0 unspecified atom stereocenters. The number of nitrogens with one attached hydrogen (secondary N) is 5. The minimum atomic E-state index is -1.80. The molecule has 8 N–H and O–H groups in total. The Labute approximate surface area is 223 Å². The van der Waals surface area contributed by atoms with Crippen LogP contribution in [0.1, 0.15) is 52.1 Å². The summed E-state index contributed by atoms with van der Waals surface area (Å²) in [7, 11) is 0. The molecule has 1 rings (SSSR count). The lowest BCUT2D eigenvalue weighted by Gasteiger charge is -2.26. The van der Waals surface area contributed by atoms with Crippen LogP contribution in [-0.4, -0.2) is 91.0 Å². The van der Waals surface area contributed by atoms with Gasteiger partial charge in [-0.1, -0.05) is 13.8 Å². The van der Waals surface area contributed by atoms with Gasteiger partial charge < -0.3 is 41.6 Å². The van der Waals surface area contributed by atoms with Gasteiger partial charge in [-0.3, -0.25) is 28.8 Å². The lowest BCUT2D eigenvalue weighted by atomic mass is 10.0. The molecule has 0 fully saturated rings. The van der Waals surface area contributed by atoms with E-state index in [1.807, 2.05) is 13.8 Å². The summed E-state index contributed by atoms with van der Waals surface area (Å²) >= 11 is 0. The van der Waals surface area contributed by atoms with Gasteiger partial charge in [0.25, 0.3) is 0 Å². The highest BCUT2D eigenvalue weighted by Crippen LogP contribution is 2.08. The van der Waals surface area contributed by atoms with Crippen LogP contribution in [0.15, 0.2) is 12.5 Å². The molecule has 1 aromatic rings. The minimum absolute atomic E-state index is 0.0196.